The second-order valence-corrected chi connectivity index (χ2v) is 6.56. The highest BCUT2D eigenvalue weighted by Crippen LogP contribution is 2.24. The van der Waals surface area contributed by atoms with E-state index in [0.29, 0.717) is 12.5 Å². The second-order valence-electron chi connectivity index (χ2n) is 4.77. The maximum absolute atomic E-state index is 12.4. The molecule has 1 aromatic rings. The lowest BCUT2D eigenvalue weighted by Gasteiger charge is -2.34. The van der Waals surface area contributed by atoms with Crippen LogP contribution in [0.1, 0.15) is 18.7 Å². The van der Waals surface area contributed by atoms with Crippen LogP contribution in [-0.4, -0.2) is 30.4 Å². The summed E-state index contributed by atoms with van der Waals surface area (Å²) in [6, 6.07) is 3.89. The molecule has 1 aliphatic heterocycles. The zero-order valence-corrected chi connectivity index (χ0v) is 13.6. The van der Waals surface area contributed by atoms with Crippen LogP contribution in [0.5, 0.6) is 0 Å². The Hall–Kier alpha value is -0.290. The van der Waals surface area contributed by atoms with Crippen LogP contribution in [0, 0.1) is 11.8 Å². The molecule has 0 saturated carbocycles. The van der Waals surface area contributed by atoms with Gasteiger partial charge in [0.05, 0.1) is 10.9 Å². The first-order chi connectivity index (χ1) is 8.61. The van der Waals surface area contributed by atoms with Gasteiger partial charge in [0, 0.05) is 17.3 Å². The van der Waals surface area contributed by atoms with Crippen LogP contribution in [0.15, 0.2) is 12.1 Å². The van der Waals surface area contributed by atoms with Crippen molar-refractivity contribution in [2.45, 2.75) is 20.4 Å². The Bertz CT molecular complexity index is 421. The molecule has 2 heterocycles. The van der Waals surface area contributed by atoms with Gasteiger partial charge in [-0.2, -0.15) is 0 Å². The summed E-state index contributed by atoms with van der Waals surface area (Å²) in [5.74, 6) is 0.869. The number of nitrogens with zero attached hydrogens (tertiary/aromatic N) is 1. The van der Waals surface area contributed by atoms with Crippen molar-refractivity contribution in [1.82, 2.24) is 10.2 Å². The molecule has 0 aromatic carbocycles. The summed E-state index contributed by atoms with van der Waals surface area (Å²) in [7, 11) is 0. The van der Waals surface area contributed by atoms with Gasteiger partial charge in [0.2, 0.25) is 5.91 Å². The van der Waals surface area contributed by atoms with Crippen molar-refractivity contribution in [1.29, 1.82) is 0 Å². The first kappa shape index (κ1) is 16.8. The van der Waals surface area contributed by atoms with E-state index in [2.05, 4.69) is 5.32 Å². The van der Waals surface area contributed by atoms with Gasteiger partial charge in [-0.3, -0.25) is 4.79 Å². The molecule has 0 bridgehead atoms. The van der Waals surface area contributed by atoms with Crippen molar-refractivity contribution in [2.24, 2.45) is 11.8 Å². The molecular weight excluding hydrogens is 303 g/mol. The zero-order chi connectivity index (χ0) is 13.1. The van der Waals surface area contributed by atoms with Crippen molar-refractivity contribution in [3.63, 3.8) is 0 Å². The number of halogens is 2. The average Bonchev–Trinajstić information content (AvgIpc) is 2.68. The fraction of sp³-hybridized carbons (Fsp3) is 0.615. The lowest BCUT2D eigenvalue weighted by Crippen LogP contribution is -2.50. The fourth-order valence-electron chi connectivity index (χ4n) is 2.12. The Morgan fingerprint density at radius 3 is 2.68 bits per heavy atom. The SMILES string of the molecule is CCN(Cc1ccc(Cl)s1)C(=O)C(C)C1CNC1.Cl. The fourth-order valence-corrected chi connectivity index (χ4v) is 3.23. The maximum atomic E-state index is 12.4. The number of nitrogens with one attached hydrogen (secondary N) is 1. The number of rotatable bonds is 5. The highest BCUT2D eigenvalue weighted by Gasteiger charge is 2.31. The molecule has 1 unspecified atom stereocenters. The predicted octanol–water partition coefficient (Wildman–Crippen LogP) is 3.03. The molecule has 3 nitrogen and oxygen atoms in total. The van der Waals surface area contributed by atoms with E-state index in [-0.39, 0.29) is 24.2 Å². The number of thiophene rings is 1. The molecule has 1 saturated heterocycles. The molecule has 1 fully saturated rings. The molecule has 0 radical (unpaired) electrons. The molecule has 1 aromatic heterocycles. The third-order valence-electron chi connectivity index (χ3n) is 3.58. The van der Waals surface area contributed by atoms with Crippen LogP contribution in [0.2, 0.25) is 4.34 Å². The highest BCUT2D eigenvalue weighted by atomic mass is 35.5. The van der Waals surface area contributed by atoms with Crippen LogP contribution in [-0.2, 0) is 11.3 Å². The van der Waals surface area contributed by atoms with Gasteiger partial charge in [0.1, 0.15) is 0 Å². The van der Waals surface area contributed by atoms with Gasteiger partial charge < -0.3 is 10.2 Å². The molecule has 0 aliphatic carbocycles. The van der Waals surface area contributed by atoms with Crippen LogP contribution < -0.4 is 5.32 Å². The van der Waals surface area contributed by atoms with Crippen molar-refractivity contribution in [3.8, 4) is 0 Å². The van der Waals surface area contributed by atoms with Crippen molar-refractivity contribution < 1.29 is 4.79 Å². The smallest absolute Gasteiger partial charge is 0.226 e. The minimum Gasteiger partial charge on any atom is -0.338 e. The maximum Gasteiger partial charge on any atom is 0.226 e. The average molecular weight is 323 g/mol. The van der Waals surface area contributed by atoms with Gasteiger partial charge in [-0.1, -0.05) is 18.5 Å². The van der Waals surface area contributed by atoms with E-state index in [1.807, 2.05) is 30.9 Å². The molecule has 1 aliphatic rings. The van der Waals surface area contributed by atoms with Gasteiger partial charge in [-0.25, -0.2) is 0 Å². The monoisotopic (exact) mass is 322 g/mol. The van der Waals surface area contributed by atoms with E-state index in [0.717, 1.165) is 28.8 Å². The van der Waals surface area contributed by atoms with Gasteiger partial charge in [0.15, 0.2) is 0 Å². The van der Waals surface area contributed by atoms with Crippen LogP contribution in [0.25, 0.3) is 0 Å². The zero-order valence-electron chi connectivity index (χ0n) is 11.2. The Kier molecular flexibility index (Phi) is 6.60. The second kappa shape index (κ2) is 7.48. The number of hydrogen-bond donors (Lipinski definition) is 1. The molecular formula is C13H20Cl2N2OS. The Morgan fingerprint density at radius 1 is 1.58 bits per heavy atom. The predicted molar refractivity (Wildman–Crippen MR) is 83.2 cm³/mol. The minimum absolute atomic E-state index is 0. The molecule has 1 amide bonds. The molecule has 6 heteroatoms. The largest absolute Gasteiger partial charge is 0.338 e. The Balaban J connectivity index is 0.00000180. The first-order valence-electron chi connectivity index (χ1n) is 6.35. The van der Waals surface area contributed by atoms with Crippen LogP contribution >= 0.6 is 35.3 Å². The minimum atomic E-state index is 0. The normalized spacial score (nSPS) is 16.4. The molecule has 19 heavy (non-hydrogen) atoms. The van der Waals surface area contributed by atoms with E-state index < -0.39 is 0 Å². The third kappa shape index (κ3) is 4.09. The number of carbonyl (C=O) groups is 1. The topological polar surface area (TPSA) is 32.3 Å². The van der Waals surface area contributed by atoms with Crippen LogP contribution in [0.3, 0.4) is 0 Å². The van der Waals surface area contributed by atoms with E-state index in [9.17, 15) is 4.79 Å². The molecule has 1 N–H and O–H groups in total. The van der Waals surface area contributed by atoms with Gasteiger partial charge in [-0.05, 0) is 38.1 Å². The summed E-state index contributed by atoms with van der Waals surface area (Å²) in [5.41, 5.74) is 0. The van der Waals surface area contributed by atoms with E-state index in [4.69, 9.17) is 11.6 Å². The van der Waals surface area contributed by atoms with Crippen molar-refractivity contribution >= 4 is 41.3 Å². The summed E-state index contributed by atoms with van der Waals surface area (Å²) in [5, 5.41) is 3.22. The number of hydrogen-bond acceptors (Lipinski definition) is 3. The summed E-state index contributed by atoms with van der Waals surface area (Å²) < 4.78 is 0.782. The van der Waals surface area contributed by atoms with Crippen LogP contribution in [0.4, 0.5) is 0 Å². The quantitative estimate of drug-likeness (QED) is 0.903. The van der Waals surface area contributed by atoms with Crippen molar-refractivity contribution in [2.75, 3.05) is 19.6 Å². The highest BCUT2D eigenvalue weighted by molar-refractivity contribution is 7.16. The molecule has 2 rings (SSSR count). The lowest BCUT2D eigenvalue weighted by molar-refractivity contribution is -0.137. The molecule has 108 valence electrons. The van der Waals surface area contributed by atoms with E-state index in [1.165, 1.54) is 0 Å². The number of amides is 1. The third-order valence-corrected chi connectivity index (χ3v) is 4.79. The summed E-state index contributed by atoms with van der Waals surface area (Å²) >= 11 is 7.47. The Morgan fingerprint density at radius 2 is 2.26 bits per heavy atom. The van der Waals surface area contributed by atoms with Gasteiger partial charge >= 0.3 is 0 Å². The molecule has 0 spiro atoms. The number of carbonyl (C=O) groups excluding carboxylic acids is 1. The van der Waals surface area contributed by atoms with E-state index >= 15 is 0 Å². The van der Waals surface area contributed by atoms with Crippen molar-refractivity contribution in [3.05, 3.63) is 21.3 Å². The van der Waals surface area contributed by atoms with E-state index in [1.54, 1.807) is 11.3 Å². The van der Waals surface area contributed by atoms with Gasteiger partial charge in [0.25, 0.3) is 0 Å². The lowest BCUT2D eigenvalue weighted by atomic mass is 9.88. The summed E-state index contributed by atoms with van der Waals surface area (Å²) in [6.07, 6.45) is 0. The standard InChI is InChI=1S/C13H19ClN2OS.ClH/c1-3-16(8-11-4-5-12(14)18-11)13(17)9(2)10-6-15-7-10;/h4-5,9-10,15H,3,6-8H2,1-2H3;1H. The Labute approximate surface area is 129 Å². The summed E-state index contributed by atoms with van der Waals surface area (Å²) in [4.78, 5) is 15.5. The molecule has 1 atom stereocenters. The van der Waals surface area contributed by atoms with Gasteiger partial charge in [-0.15, -0.1) is 23.7 Å². The summed E-state index contributed by atoms with van der Waals surface area (Å²) in [6.45, 7) is 7.43. The first-order valence-corrected chi connectivity index (χ1v) is 7.55.